The van der Waals surface area contributed by atoms with Crippen LogP contribution >= 0.6 is 0 Å². The van der Waals surface area contributed by atoms with Gasteiger partial charge in [-0.05, 0) is 18.9 Å². The predicted molar refractivity (Wildman–Crippen MR) is 62.2 cm³/mol. The quantitative estimate of drug-likeness (QED) is 0.829. The molecule has 1 saturated carbocycles. The smallest absolute Gasteiger partial charge is 0.307 e. The van der Waals surface area contributed by atoms with Gasteiger partial charge in [0.15, 0.2) is 0 Å². The largest absolute Gasteiger partial charge is 0.481 e. The van der Waals surface area contributed by atoms with Crippen LogP contribution in [0.2, 0.25) is 0 Å². The molecule has 4 nitrogen and oxygen atoms in total. The molecule has 4 heteroatoms. The highest BCUT2D eigenvalue weighted by molar-refractivity contribution is 5.89. The molecule has 0 saturated heterocycles. The minimum Gasteiger partial charge on any atom is -0.481 e. The molecule has 0 spiro atoms. The predicted octanol–water partition coefficient (Wildman–Crippen LogP) is 1.58. The summed E-state index contributed by atoms with van der Waals surface area (Å²) in [5.74, 6) is -1.87. The second kappa shape index (κ2) is 4.57. The monoisotopic (exact) mass is 233 g/mol. The lowest BCUT2D eigenvalue weighted by Gasteiger charge is -2.13. The summed E-state index contributed by atoms with van der Waals surface area (Å²) in [6.07, 6.45) is 0.461. The topological polar surface area (TPSA) is 66.4 Å². The van der Waals surface area contributed by atoms with Crippen LogP contribution in [-0.2, 0) is 9.59 Å². The standard InChI is InChI=1S/C13H15NO3/c1-8(9-5-3-2-4-6-9)14-12(15)10-7-11(10)13(16)17/h2-6,8,10-11H,7H2,1H3,(H,14,15)(H,16,17)/t8-,10+,11+/m0/s1. The number of hydrogen-bond acceptors (Lipinski definition) is 2. The van der Waals surface area contributed by atoms with E-state index in [2.05, 4.69) is 5.32 Å². The Bertz CT molecular complexity index is 430. The molecule has 17 heavy (non-hydrogen) atoms. The number of nitrogens with one attached hydrogen (secondary N) is 1. The van der Waals surface area contributed by atoms with Gasteiger partial charge in [0.25, 0.3) is 0 Å². The van der Waals surface area contributed by atoms with Gasteiger partial charge < -0.3 is 10.4 Å². The zero-order chi connectivity index (χ0) is 12.4. The van der Waals surface area contributed by atoms with Gasteiger partial charge in [-0.1, -0.05) is 30.3 Å². The lowest BCUT2D eigenvalue weighted by Crippen LogP contribution is -2.29. The Balaban J connectivity index is 1.90. The van der Waals surface area contributed by atoms with Gasteiger partial charge in [0.2, 0.25) is 5.91 Å². The van der Waals surface area contributed by atoms with E-state index in [9.17, 15) is 9.59 Å². The van der Waals surface area contributed by atoms with E-state index in [1.54, 1.807) is 0 Å². The Morgan fingerprint density at radius 3 is 2.47 bits per heavy atom. The lowest BCUT2D eigenvalue weighted by molar-refractivity contribution is -0.140. The molecule has 0 bridgehead atoms. The number of carbonyl (C=O) groups is 2. The van der Waals surface area contributed by atoms with Gasteiger partial charge in [-0.2, -0.15) is 0 Å². The first-order valence-electron chi connectivity index (χ1n) is 5.67. The Morgan fingerprint density at radius 2 is 1.94 bits per heavy atom. The zero-order valence-corrected chi connectivity index (χ0v) is 9.59. The summed E-state index contributed by atoms with van der Waals surface area (Å²) in [5.41, 5.74) is 1.02. The van der Waals surface area contributed by atoms with E-state index in [4.69, 9.17) is 5.11 Å². The van der Waals surface area contributed by atoms with E-state index in [1.165, 1.54) is 0 Å². The van der Waals surface area contributed by atoms with Gasteiger partial charge in [0.1, 0.15) is 0 Å². The molecular formula is C13H15NO3. The van der Waals surface area contributed by atoms with Gasteiger partial charge in [-0.15, -0.1) is 0 Å². The Labute approximate surface area is 99.6 Å². The zero-order valence-electron chi connectivity index (χ0n) is 9.59. The van der Waals surface area contributed by atoms with Crippen LogP contribution in [0.15, 0.2) is 30.3 Å². The van der Waals surface area contributed by atoms with Crippen molar-refractivity contribution in [3.63, 3.8) is 0 Å². The van der Waals surface area contributed by atoms with Crippen LogP contribution in [0.4, 0.5) is 0 Å². The summed E-state index contributed by atoms with van der Waals surface area (Å²) in [6.45, 7) is 1.89. The highest BCUT2D eigenvalue weighted by Crippen LogP contribution is 2.39. The molecule has 1 aliphatic rings. The van der Waals surface area contributed by atoms with Crippen molar-refractivity contribution in [2.24, 2.45) is 11.8 Å². The molecule has 0 aromatic heterocycles. The van der Waals surface area contributed by atoms with Gasteiger partial charge in [-0.25, -0.2) is 0 Å². The van der Waals surface area contributed by atoms with Crippen molar-refractivity contribution in [1.29, 1.82) is 0 Å². The van der Waals surface area contributed by atoms with Crippen molar-refractivity contribution >= 4 is 11.9 Å². The van der Waals surface area contributed by atoms with Crippen LogP contribution in [0.3, 0.4) is 0 Å². The fraction of sp³-hybridized carbons (Fsp3) is 0.385. The minimum absolute atomic E-state index is 0.0845. The summed E-state index contributed by atoms with van der Waals surface area (Å²) in [5, 5.41) is 11.6. The molecule has 2 N–H and O–H groups in total. The normalized spacial score (nSPS) is 23.8. The van der Waals surface area contributed by atoms with Gasteiger partial charge in [0, 0.05) is 0 Å². The van der Waals surface area contributed by atoms with Gasteiger partial charge in [-0.3, -0.25) is 9.59 Å². The molecule has 0 heterocycles. The van der Waals surface area contributed by atoms with Gasteiger partial charge in [0.05, 0.1) is 17.9 Å². The van der Waals surface area contributed by atoms with E-state index >= 15 is 0 Å². The molecule has 2 rings (SSSR count). The summed E-state index contributed by atoms with van der Waals surface area (Å²) in [6, 6.07) is 9.53. The second-order valence-corrected chi connectivity index (χ2v) is 4.43. The molecule has 1 fully saturated rings. The maximum Gasteiger partial charge on any atom is 0.307 e. The average molecular weight is 233 g/mol. The number of amides is 1. The molecule has 1 aliphatic carbocycles. The first-order valence-corrected chi connectivity index (χ1v) is 5.67. The fourth-order valence-electron chi connectivity index (χ4n) is 1.90. The van der Waals surface area contributed by atoms with Crippen LogP contribution in [-0.4, -0.2) is 17.0 Å². The number of hydrogen-bond donors (Lipinski definition) is 2. The Morgan fingerprint density at radius 1 is 1.29 bits per heavy atom. The molecule has 1 aromatic carbocycles. The number of carboxylic acid groups (broad SMARTS) is 1. The molecule has 0 aliphatic heterocycles. The first kappa shape index (κ1) is 11.6. The fourth-order valence-corrected chi connectivity index (χ4v) is 1.90. The highest BCUT2D eigenvalue weighted by Gasteiger charge is 2.48. The molecule has 1 aromatic rings. The van der Waals surface area contributed by atoms with Gasteiger partial charge >= 0.3 is 5.97 Å². The number of aliphatic carboxylic acids is 1. The second-order valence-electron chi connectivity index (χ2n) is 4.43. The molecular weight excluding hydrogens is 218 g/mol. The maximum atomic E-state index is 11.7. The van der Waals surface area contributed by atoms with E-state index < -0.39 is 11.9 Å². The summed E-state index contributed by atoms with van der Waals surface area (Å²) < 4.78 is 0. The van der Waals surface area contributed by atoms with Crippen LogP contribution in [0.5, 0.6) is 0 Å². The van der Waals surface area contributed by atoms with Crippen LogP contribution in [0.25, 0.3) is 0 Å². The van der Waals surface area contributed by atoms with Crippen molar-refractivity contribution in [3.8, 4) is 0 Å². The van der Waals surface area contributed by atoms with Crippen molar-refractivity contribution in [2.45, 2.75) is 19.4 Å². The Hall–Kier alpha value is -1.84. The molecule has 90 valence electrons. The van der Waals surface area contributed by atoms with E-state index in [-0.39, 0.29) is 17.9 Å². The SMILES string of the molecule is C[C@H](NC(=O)[C@@H]1C[C@H]1C(=O)O)c1ccccc1. The maximum absolute atomic E-state index is 11.7. The van der Waals surface area contributed by atoms with Crippen LogP contribution in [0, 0.1) is 11.8 Å². The van der Waals surface area contributed by atoms with Crippen molar-refractivity contribution in [2.75, 3.05) is 0 Å². The highest BCUT2D eigenvalue weighted by atomic mass is 16.4. The lowest BCUT2D eigenvalue weighted by atomic mass is 10.1. The summed E-state index contributed by atoms with van der Waals surface area (Å²) in [4.78, 5) is 22.4. The third-order valence-corrected chi connectivity index (χ3v) is 3.10. The first-order chi connectivity index (χ1) is 8.09. The number of benzene rings is 1. The number of rotatable bonds is 4. The molecule has 1 amide bonds. The van der Waals surface area contributed by atoms with Crippen LogP contribution in [0.1, 0.15) is 24.9 Å². The van der Waals surface area contributed by atoms with E-state index in [0.29, 0.717) is 6.42 Å². The van der Waals surface area contributed by atoms with Crippen LogP contribution < -0.4 is 5.32 Å². The minimum atomic E-state index is -0.877. The summed E-state index contributed by atoms with van der Waals surface area (Å²) >= 11 is 0. The molecule has 0 radical (unpaired) electrons. The molecule has 3 atom stereocenters. The van der Waals surface area contributed by atoms with E-state index in [1.807, 2.05) is 37.3 Å². The number of carbonyl (C=O) groups excluding carboxylic acids is 1. The average Bonchev–Trinajstić information content (AvgIpc) is 3.10. The van der Waals surface area contributed by atoms with Crippen molar-refractivity contribution < 1.29 is 14.7 Å². The third-order valence-electron chi connectivity index (χ3n) is 3.10. The number of carboxylic acids is 1. The van der Waals surface area contributed by atoms with Crippen molar-refractivity contribution in [1.82, 2.24) is 5.32 Å². The van der Waals surface area contributed by atoms with E-state index in [0.717, 1.165) is 5.56 Å². The molecule has 0 unspecified atom stereocenters. The summed E-state index contributed by atoms with van der Waals surface area (Å²) in [7, 11) is 0. The van der Waals surface area contributed by atoms with Crippen molar-refractivity contribution in [3.05, 3.63) is 35.9 Å². The third kappa shape index (κ3) is 2.64. The Kier molecular flexibility index (Phi) is 3.13.